The van der Waals surface area contributed by atoms with Crippen LogP contribution >= 0.6 is 11.3 Å². The second-order valence-corrected chi connectivity index (χ2v) is 8.78. The van der Waals surface area contributed by atoms with Crippen LogP contribution in [0.15, 0.2) is 79.1 Å². The molecule has 6 nitrogen and oxygen atoms in total. The van der Waals surface area contributed by atoms with Gasteiger partial charge in [-0.05, 0) is 40.1 Å². The van der Waals surface area contributed by atoms with Crippen molar-refractivity contribution in [1.82, 2.24) is 9.97 Å². The maximum atomic E-state index is 13.8. The summed E-state index contributed by atoms with van der Waals surface area (Å²) in [6, 6.07) is 21.7. The van der Waals surface area contributed by atoms with Crippen LogP contribution in [0.3, 0.4) is 0 Å². The molecule has 5 aromatic rings. The van der Waals surface area contributed by atoms with Gasteiger partial charge in [0.25, 0.3) is 0 Å². The summed E-state index contributed by atoms with van der Waals surface area (Å²) in [5.41, 5.74) is 2.58. The van der Waals surface area contributed by atoms with E-state index in [1.54, 1.807) is 31.5 Å². The minimum Gasteiger partial charge on any atom is -0.495 e. The second kappa shape index (κ2) is 9.49. The van der Waals surface area contributed by atoms with E-state index in [9.17, 15) is 4.79 Å². The summed E-state index contributed by atoms with van der Waals surface area (Å²) in [5, 5.41) is 2.78. The van der Waals surface area contributed by atoms with Crippen LogP contribution in [0.2, 0.25) is 0 Å². The Morgan fingerprint density at radius 3 is 2.53 bits per heavy atom. The first-order chi connectivity index (χ1) is 16.7. The Morgan fingerprint density at radius 1 is 0.941 bits per heavy atom. The fourth-order valence-corrected chi connectivity index (χ4v) is 5.12. The molecule has 0 fully saturated rings. The number of methoxy groups -OCH3 is 2. The van der Waals surface area contributed by atoms with Crippen LogP contribution in [0.25, 0.3) is 21.0 Å². The summed E-state index contributed by atoms with van der Waals surface area (Å²) in [6.45, 7) is 0.363. The van der Waals surface area contributed by atoms with Gasteiger partial charge in [0.1, 0.15) is 21.7 Å². The van der Waals surface area contributed by atoms with E-state index in [4.69, 9.17) is 14.5 Å². The van der Waals surface area contributed by atoms with Gasteiger partial charge in [-0.3, -0.25) is 14.7 Å². The first kappa shape index (κ1) is 21.9. The number of carbonyl (C=O) groups is 1. The van der Waals surface area contributed by atoms with Crippen molar-refractivity contribution >= 4 is 43.4 Å². The summed E-state index contributed by atoms with van der Waals surface area (Å²) in [5.74, 6) is 1.29. The lowest BCUT2D eigenvalue weighted by atomic mass is 10.0. The predicted octanol–water partition coefficient (Wildman–Crippen LogP) is 5.64. The quantitative estimate of drug-likeness (QED) is 0.309. The first-order valence-electron chi connectivity index (χ1n) is 10.9. The monoisotopic (exact) mass is 469 g/mol. The highest BCUT2D eigenvalue weighted by molar-refractivity contribution is 7.22. The molecule has 1 amide bonds. The van der Waals surface area contributed by atoms with E-state index in [1.165, 1.54) is 11.3 Å². The van der Waals surface area contributed by atoms with Crippen LogP contribution in [-0.2, 0) is 17.8 Å². The Morgan fingerprint density at radius 2 is 1.74 bits per heavy atom. The van der Waals surface area contributed by atoms with Crippen LogP contribution in [0.1, 0.15) is 11.1 Å². The molecular weight excluding hydrogens is 446 g/mol. The average molecular weight is 470 g/mol. The zero-order valence-electron chi connectivity index (χ0n) is 18.9. The van der Waals surface area contributed by atoms with Gasteiger partial charge in [-0.25, -0.2) is 4.98 Å². The Hall–Kier alpha value is -3.97. The van der Waals surface area contributed by atoms with E-state index in [-0.39, 0.29) is 12.3 Å². The van der Waals surface area contributed by atoms with Gasteiger partial charge in [0.2, 0.25) is 5.91 Å². The molecule has 34 heavy (non-hydrogen) atoms. The van der Waals surface area contributed by atoms with Crippen molar-refractivity contribution in [2.45, 2.75) is 13.0 Å². The smallest absolute Gasteiger partial charge is 0.233 e. The van der Waals surface area contributed by atoms with Gasteiger partial charge < -0.3 is 9.47 Å². The number of fused-ring (bicyclic) bond motifs is 2. The fourth-order valence-electron chi connectivity index (χ4n) is 4.03. The lowest BCUT2D eigenvalue weighted by molar-refractivity contribution is -0.118. The van der Waals surface area contributed by atoms with E-state index >= 15 is 0 Å². The topological polar surface area (TPSA) is 64.6 Å². The van der Waals surface area contributed by atoms with E-state index in [1.807, 2.05) is 48.5 Å². The van der Waals surface area contributed by atoms with Crippen LogP contribution < -0.4 is 14.4 Å². The molecule has 5 rings (SSSR count). The van der Waals surface area contributed by atoms with Gasteiger partial charge in [-0.1, -0.05) is 59.9 Å². The molecule has 7 heteroatoms. The van der Waals surface area contributed by atoms with Crippen LogP contribution in [0.4, 0.5) is 5.13 Å². The van der Waals surface area contributed by atoms with E-state index < -0.39 is 0 Å². The Labute approximate surface area is 201 Å². The third-order valence-electron chi connectivity index (χ3n) is 5.72. The number of amides is 1. The largest absolute Gasteiger partial charge is 0.495 e. The molecule has 0 atom stereocenters. The molecule has 0 spiro atoms. The number of hydrogen-bond donors (Lipinski definition) is 0. The summed E-state index contributed by atoms with van der Waals surface area (Å²) in [4.78, 5) is 24.5. The highest BCUT2D eigenvalue weighted by Crippen LogP contribution is 2.40. The molecule has 0 aliphatic heterocycles. The molecule has 3 aromatic carbocycles. The Bertz CT molecular complexity index is 1420. The molecule has 0 saturated carbocycles. The molecule has 0 saturated heterocycles. The summed E-state index contributed by atoms with van der Waals surface area (Å²) in [7, 11) is 3.24. The van der Waals surface area contributed by atoms with Gasteiger partial charge in [0, 0.05) is 12.4 Å². The molecular formula is C27H23N3O3S. The highest BCUT2D eigenvalue weighted by atomic mass is 32.1. The maximum absolute atomic E-state index is 13.8. The number of rotatable bonds is 7. The molecule has 0 N–H and O–H groups in total. The van der Waals surface area contributed by atoms with Crippen molar-refractivity contribution in [3.05, 3.63) is 90.3 Å². The third kappa shape index (κ3) is 4.18. The van der Waals surface area contributed by atoms with Gasteiger partial charge in [0.05, 0.1) is 27.2 Å². The highest BCUT2D eigenvalue weighted by Gasteiger charge is 2.23. The minimum absolute atomic E-state index is 0.0443. The average Bonchev–Trinajstić information content (AvgIpc) is 3.32. The van der Waals surface area contributed by atoms with Gasteiger partial charge in [-0.2, -0.15) is 0 Å². The predicted molar refractivity (Wildman–Crippen MR) is 136 cm³/mol. The molecule has 0 unspecified atom stereocenters. The minimum atomic E-state index is -0.0443. The Balaban J connectivity index is 1.57. The lowest BCUT2D eigenvalue weighted by Gasteiger charge is -2.20. The summed E-state index contributed by atoms with van der Waals surface area (Å²) >= 11 is 1.42. The first-order valence-corrected chi connectivity index (χ1v) is 11.7. The summed E-state index contributed by atoms with van der Waals surface area (Å²) < 4.78 is 11.9. The van der Waals surface area contributed by atoms with Gasteiger partial charge in [-0.15, -0.1) is 0 Å². The lowest BCUT2D eigenvalue weighted by Crippen LogP contribution is -2.31. The number of hydrogen-bond acceptors (Lipinski definition) is 6. The van der Waals surface area contributed by atoms with Crippen LogP contribution in [-0.4, -0.2) is 30.1 Å². The van der Waals surface area contributed by atoms with Crippen molar-refractivity contribution in [3.8, 4) is 11.5 Å². The molecule has 2 aromatic heterocycles. The number of pyridine rings is 1. The number of ether oxygens (including phenoxy) is 2. The number of carbonyl (C=O) groups excluding carboxylic acids is 1. The molecule has 0 aliphatic carbocycles. The Kier molecular flexibility index (Phi) is 6.10. The van der Waals surface area contributed by atoms with Crippen LogP contribution in [0, 0.1) is 0 Å². The molecule has 2 heterocycles. The zero-order chi connectivity index (χ0) is 23.5. The second-order valence-electron chi connectivity index (χ2n) is 7.80. The molecule has 0 aliphatic rings. The van der Waals surface area contributed by atoms with Crippen molar-refractivity contribution in [2.75, 3.05) is 19.1 Å². The number of nitrogens with zero attached hydrogens (tertiary/aromatic N) is 3. The van der Waals surface area contributed by atoms with Crippen molar-refractivity contribution < 1.29 is 14.3 Å². The zero-order valence-corrected chi connectivity index (χ0v) is 19.7. The van der Waals surface area contributed by atoms with E-state index in [2.05, 4.69) is 23.2 Å². The normalized spacial score (nSPS) is 11.0. The standard InChI is InChI=1S/C27H23N3O3S/c1-32-22-12-13-23(33-2)26-25(22)29-27(34-26)30(17-18-7-6-14-28-16-18)24(31)15-20-10-5-9-19-8-3-4-11-21(19)20/h3-14,16H,15,17H2,1-2H3. The van der Waals surface area contributed by atoms with Gasteiger partial charge in [0.15, 0.2) is 5.13 Å². The van der Waals surface area contributed by atoms with E-state index in [0.29, 0.717) is 28.7 Å². The number of benzene rings is 3. The SMILES string of the molecule is COc1ccc(OC)c2sc(N(Cc3cccnc3)C(=O)Cc3cccc4ccccc34)nc12. The number of thiazole rings is 1. The number of anilines is 1. The summed E-state index contributed by atoms with van der Waals surface area (Å²) in [6.07, 6.45) is 3.75. The van der Waals surface area contributed by atoms with Crippen LogP contribution in [0.5, 0.6) is 11.5 Å². The molecule has 170 valence electrons. The third-order valence-corrected chi connectivity index (χ3v) is 6.81. The fraction of sp³-hybridized carbons (Fsp3) is 0.148. The van der Waals surface area contributed by atoms with Gasteiger partial charge >= 0.3 is 0 Å². The molecule has 0 bridgehead atoms. The van der Waals surface area contributed by atoms with E-state index in [0.717, 1.165) is 26.6 Å². The molecule has 0 radical (unpaired) electrons. The number of aromatic nitrogens is 2. The van der Waals surface area contributed by atoms with Crippen molar-refractivity contribution in [3.63, 3.8) is 0 Å². The maximum Gasteiger partial charge on any atom is 0.233 e. The van der Waals surface area contributed by atoms with Crippen molar-refractivity contribution in [2.24, 2.45) is 0 Å². The van der Waals surface area contributed by atoms with Crippen molar-refractivity contribution in [1.29, 1.82) is 0 Å².